The minimum atomic E-state index is -0.209. The summed E-state index contributed by atoms with van der Waals surface area (Å²) in [5.41, 5.74) is -0.209. The molecule has 0 aliphatic carbocycles. The second kappa shape index (κ2) is 6.76. The molecule has 1 saturated heterocycles. The molecule has 1 aromatic rings. The summed E-state index contributed by atoms with van der Waals surface area (Å²) in [5.74, 6) is 0.429. The second-order valence-electron chi connectivity index (χ2n) is 4.38. The molecule has 2 heterocycles. The average Bonchev–Trinajstić information content (AvgIpc) is 2.79. The van der Waals surface area contributed by atoms with Gasteiger partial charge in [0.05, 0.1) is 5.75 Å². The highest BCUT2D eigenvalue weighted by atomic mass is 32.2. The van der Waals surface area contributed by atoms with Crippen molar-refractivity contribution in [2.75, 3.05) is 31.9 Å². The van der Waals surface area contributed by atoms with E-state index in [4.69, 9.17) is 0 Å². The Balaban J connectivity index is 1.91. The zero-order valence-corrected chi connectivity index (χ0v) is 11.8. The van der Waals surface area contributed by atoms with E-state index in [-0.39, 0.29) is 11.6 Å². The Kier molecular flexibility index (Phi) is 5.03. The number of piperazine rings is 1. The number of amides is 1. The van der Waals surface area contributed by atoms with Crippen LogP contribution in [0.4, 0.5) is 0 Å². The number of rotatable bonds is 5. The van der Waals surface area contributed by atoms with Gasteiger partial charge in [-0.1, -0.05) is 18.7 Å². The zero-order valence-electron chi connectivity index (χ0n) is 11.0. The van der Waals surface area contributed by atoms with E-state index in [0.29, 0.717) is 17.5 Å². The number of hydrogen-bond donors (Lipinski definition) is 2. The molecule has 0 spiro atoms. The average molecular weight is 285 g/mol. The molecule has 1 amide bonds. The highest BCUT2D eigenvalue weighted by Crippen LogP contribution is 2.14. The number of aromatic amines is 1. The number of carbonyl (C=O) groups excluding carboxylic acids is 1. The van der Waals surface area contributed by atoms with E-state index in [9.17, 15) is 9.59 Å². The third-order valence-corrected chi connectivity index (χ3v) is 3.93. The van der Waals surface area contributed by atoms with Crippen molar-refractivity contribution in [3.63, 3.8) is 0 Å². The van der Waals surface area contributed by atoms with E-state index in [1.165, 1.54) is 11.8 Å². The van der Waals surface area contributed by atoms with Gasteiger partial charge in [-0.25, -0.2) is 9.89 Å². The van der Waals surface area contributed by atoms with Crippen molar-refractivity contribution in [2.24, 2.45) is 0 Å². The number of thioether (sulfide) groups is 1. The number of hydrogen-bond acceptors (Lipinski definition) is 5. The first-order chi connectivity index (χ1) is 9.22. The van der Waals surface area contributed by atoms with Crippen LogP contribution in [-0.4, -0.2) is 57.5 Å². The van der Waals surface area contributed by atoms with Crippen LogP contribution in [0.2, 0.25) is 0 Å². The maximum absolute atomic E-state index is 12.0. The summed E-state index contributed by atoms with van der Waals surface area (Å²) >= 11 is 1.32. The van der Waals surface area contributed by atoms with Gasteiger partial charge in [0.2, 0.25) is 5.91 Å². The van der Waals surface area contributed by atoms with Gasteiger partial charge in [0, 0.05) is 32.7 Å². The molecule has 1 aliphatic rings. The van der Waals surface area contributed by atoms with Crippen molar-refractivity contribution >= 4 is 17.7 Å². The van der Waals surface area contributed by atoms with Crippen LogP contribution in [0.15, 0.2) is 9.95 Å². The molecule has 2 N–H and O–H groups in total. The van der Waals surface area contributed by atoms with Crippen LogP contribution >= 0.6 is 11.8 Å². The molecular weight excluding hydrogens is 266 g/mol. The molecule has 8 heteroatoms. The van der Waals surface area contributed by atoms with E-state index >= 15 is 0 Å². The molecular formula is C11H19N5O2S. The predicted molar refractivity (Wildman–Crippen MR) is 73.3 cm³/mol. The maximum atomic E-state index is 12.0. The van der Waals surface area contributed by atoms with E-state index in [2.05, 4.69) is 15.5 Å². The third kappa shape index (κ3) is 3.60. The van der Waals surface area contributed by atoms with Crippen molar-refractivity contribution in [2.45, 2.75) is 25.0 Å². The lowest BCUT2D eigenvalue weighted by atomic mass is 10.3. The van der Waals surface area contributed by atoms with Crippen molar-refractivity contribution in [3.8, 4) is 0 Å². The number of H-pyrrole nitrogens is 1. The fourth-order valence-corrected chi connectivity index (χ4v) is 2.84. The molecule has 0 saturated carbocycles. The molecule has 2 rings (SSSR count). The third-order valence-electron chi connectivity index (χ3n) is 2.96. The summed E-state index contributed by atoms with van der Waals surface area (Å²) < 4.78 is 1.58. The number of nitrogens with zero attached hydrogens (tertiary/aromatic N) is 3. The number of nitrogens with one attached hydrogen (secondary N) is 2. The van der Waals surface area contributed by atoms with Crippen LogP contribution in [0.25, 0.3) is 0 Å². The first-order valence-electron chi connectivity index (χ1n) is 6.49. The fourth-order valence-electron chi connectivity index (χ4n) is 1.97. The van der Waals surface area contributed by atoms with Gasteiger partial charge in [-0.15, -0.1) is 5.10 Å². The van der Waals surface area contributed by atoms with Crippen LogP contribution in [0, 0.1) is 0 Å². The molecule has 0 bridgehead atoms. The summed E-state index contributed by atoms with van der Waals surface area (Å²) in [4.78, 5) is 25.3. The fraction of sp³-hybridized carbons (Fsp3) is 0.727. The number of carbonyl (C=O) groups is 1. The van der Waals surface area contributed by atoms with Gasteiger partial charge in [0.1, 0.15) is 0 Å². The van der Waals surface area contributed by atoms with Gasteiger partial charge in [-0.3, -0.25) is 9.36 Å². The SMILES string of the molecule is CCCn1c(SCC(=O)N2CCNCC2)n[nH]c1=O. The molecule has 106 valence electrons. The van der Waals surface area contributed by atoms with Gasteiger partial charge < -0.3 is 10.2 Å². The van der Waals surface area contributed by atoms with Crippen LogP contribution in [0.5, 0.6) is 0 Å². The van der Waals surface area contributed by atoms with Gasteiger partial charge in [0.25, 0.3) is 0 Å². The minimum absolute atomic E-state index is 0.102. The molecule has 0 aromatic carbocycles. The first-order valence-corrected chi connectivity index (χ1v) is 7.47. The quantitative estimate of drug-likeness (QED) is 0.713. The van der Waals surface area contributed by atoms with Crippen molar-refractivity contribution in [3.05, 3.63) is 10.5 Å². The van der Waals surface area contributed by atoms with Crippen LogP contribution in [0.3, 0.4) is 0 Å². The Bertz CT molecular complexity index is 478. The predicted octanol–water partition coefficient (Wildman–Crippen LogP) is -0.495. The largest absolute Gasteiger partial charge is 0.343 e. The molecule has 0 radical (unpaired) electrons. The molecule has 1 aromatic heterocycles. The van der Waals surface area contributed by atoms with Crippen molar-refractivity contribution in [1.82, 2.24) is 25.0 Å². The lowest BCUT2D eigenvalue weighted by Crippen LogP contribution is -2.47. The second-order valence-corrected chi connectivity index (χ2v) is 5.32. The standard InChI is InChI=1S/C11H19N5O2S/c1-2-5-16-10(18)13-14-11(16)19-8-9(17)15-6-3-12-4-7-15/h12H,2-8H2,1H3,(H,13,18). The first kappa shape index (κ1) is 14.1. The van der Waals surface area contributed by atoms with Crippen molar-refractivity contribution < 1.29 is 4.79 Å². The lowest BCUT2D eigenvalue weighted by Gasteiger charge is -2.27. The monoisotopic (exact) mass is 285 g/mol. The zero-order chi connectivity index (χ0) is 13.7. The Labute approximate surface area is 115 Å². The maximum Gasteiger partial charge on any atom is 0.343 e. The smallest absolute Gasteiger partial charge is 0.339 e. The Morgan fingerprint density at radius 3 is 2.84 bits per heavy atom. The Morgan fingerprint density at radius 2 is 2.16 bits per heavy atom. The summed E-state index contributed by atoms with van der Waals surface area (Å²) in [6, 6.07) is 0. The summed E-state index contributed by atoms with van der Waals surface area (Å²) in [6.07, 6.45) is 0.860. The lowest BCUT2D eigenvalue weighted by molar-refractivity contribution is -0.128. The van der Waals surface area contributed by atoms with Crippen LogP contribution in [-0.2, 0) is 11.3 Å². The molecule has 0 unspecified atom stereocenters. The highest BCUT2D eigenvalue weighted by molar-refractivity contribution is 7.99. The molecule has 19 heavy (non-hydrogen) atoms. The van der Waals surface area contributed by atoms with E-state index in [1.54, 1.807) is 4.57 Å². The summed E-state index contributed by atoms with van der Waals surface area (Å²) in [5, 5.41) is 10.2. The minimum Gasteiger partial charge on any atom is -0.339 e. The van der Waals surface area contributed by atoms with Crippen LogP contribution < -0.4 is 11.0 Å². The van der Waals surface area contributed by atoms with E-state index in [0.717, 1.165) is 32.6 Å². The highest BCUT2D eigenvalue weighted by Gasteiger charge is 2.17. The summed E-state index contributed by atoms with van der Waals surface area (Å²) in [7, 11) is 0. The normalized spacial score (nSPS) is 15.7. The van der Waals surface area contributed by atoms with Crippen molar-refractivity contribution in [1.29, 1.82) is 0 Å². The van der Waals surface area contributed by atoms with Gasteiger partial charge in [-0.05, 0) is 6.42 Å². The Morgan fingerprint density at radius 1 is 1.42 bits per heavy atom. The van der Waals surface area contributed by atoms with Gasteiger partial charge >= 0.3 is 5.69 Å². The van der Waals surface area contributed by atoms with E-state index < -0.39 is 0 Å². The van der Waals surface area contributed by atoms with Gasteiger partial charge in [-0.2, -0.15) is 0 Å². The van der Waals surface area contributed by atoms with E-state index in [1.807, 2.05) is 11.8 Å². The number of aromatic nitrogens is 3. The topological polar surface area (TPSA) is 83.0 Å². The molecule has 7 nitrogen and oxygen atoms in total. The molecule has 1 fully saturated rings. The summed E-state index contributed by atoms with van der Waals surface area (Å²) in [6.45, 7) is 5.82. The molecule has 1 aliphatic heterocycles. The van der Waals surface area contributed by atoms with Crippen LogP contribution in [0.1, 0.15) is 13.3 Å². The Hall–Kier alpha value is -1.28. The van der Waals surface area contributed by atoms with Gasteiger partial charge in [0.15, 0.2) is 5.16 Å². The molecule has 0 atom stereocenters.